The van der Waals surface area contributed by atoms with E-state index in [2.05, 4.69) is 5.32 Å². The fraction of sp³-hybridized carbons (Fsp3) is 0.462. The van der Waals surface area contributed by atoms with Crippen molar-refractivity contribution in [1.29, 1.82) is 0 Å². The van der Waals surface area contributed by atoms with Crippen LogP contribution in [0.25, 0.3) is 0 Å². The first-order chi connectivity index (χ1) is 17.4. The van der Waals surface area contributed by atoms with Gasteiger partial charge in [0.1, 0.15) is 29.9 Å². The Kier molecular flexibility index (Phi) is 10.7. The number of hydrogen-bond acceptors (Lipinski definition) is 6. The van der Waals surface area contributed by atoms with E-state index in [0.717, 1.165) is 10.6 Å². The number of carbonyl (C=O) groups excluding carboxylic acids is 2. The van der Waals surface area contributed by atoms with Crippen molar-refractivity contribution in [2.75, 3.05) is 37.9 Å². The smallest absolute Gasteiger partial charge is 0.244 e. The van der Waals surface area contributed by atoms with Gasteiger partial charge in [0.2, 0.25) is 21.8 Å². The SMILES string of the molecule is CC[C@@H](C(=O)NCC(C)C)N(Cc1ccc(F)cc1)C(=O)CN(c1ccc(OC)cc1OC)S(C)(=O)=O. The Balaban J connectivity index is 2.48. The van der Waals surface area contributed by atoms with E-state index in [1.165, 1.54) is 55.5 Å². The van der Waals surface area contributed by atoms with Crippen LogP contribution in [0.4, 0.5) is 10.1 Å². The molecule has 11 heteroatoms. The highest BCUT2D eigenvalue weighted by atomic mass is 32.2. The highest BCUT2D eigenvalue weighted by Crippen LogP contribution is 2.33. The number of ether oxygens (including phenoxy) is 2. The molecule has 0 aliphatic heterocycles. The van der Waals surface area contributed by atoms with E-state index < -0.39 is 34.3 Å². The van der Waals surface area contributed by atoms with Crippen molar-refractivity contribution in [3.63, 3.8) is 0 Å². The summed E-state index contributed by atoms with van der Waals surface area (Å²) in [4.78, 5) is 28.1. The molecular formula is C26H36FN3O6S. The van der Waals surface area contributed by atoms with Crippen LogP contribution in [-0.2, 0) is 26.2 Å². The molecule has 37 heavy (non-hydrogen) atoms. The maximum atomic E-state index is 13.7. The Bertz CT molecular complexity index is 1170. The fourth-order valence-corrected chi connectivity index (χ4v) is 4.57. The Morgan fingerprint density at radius 2 is 1.70 bits per heavy atom. The van der Waals surface area contributed by atoms with Gasteiger partial charge in [0.25, 0.3) is 0 Å². The first kappa shape index (κ1) is 29.9. The van der Waals surface area contributed by atoms with Crippen molar-refractivity contribution < 1.29 is 31.9 Å². The molecule has 0 radical (unpaired) electrons. The molecule has 1 atom stereocenters. The summed E-state index contributed by atoms with van der Waals surface area (Å²) in [5, 5.41) is 2.85. The van der Waals surface area contributed by atoms with Crippen LogP contribution in [0, 0.1) is 11.7 Å². The first-order valence-corrected chi connectivity index (χ1v) is 13.8. The van der Waals surface area contributed by atoms with Gasteiger partial charge in [-0.15, -0.1) is 0 Å². The maximum absolute atomic E-state index is 13.7. The fourth-order valence-electron chi connectivity index (χ4n) is 3.71. The number of methoxy groups -OCH3 is 2. The molecular weight excluding hydrogens is 501 g/mol. The lowest BCUT2D eigenvalue weighted by Crippen LogP contribution is -2.52. The van der Waals surface area contributed by atoms with Crippen molar-refractivity contribution in [2.24, 2.45) is 5.92 Å². The molecule has 2 aromatic carbocycles. The molecule has 0 bridgehead atoms. The Hall–Kier alpha value is -3.34. The average Bonchev–Trinajstić information content (AvgIpc) is 2.85. The quantitative estimate of drug-likeness (QED) is 0.421. The molecule has 0 saturated carbocycles. The monoisotopic (exact) mass is 537 g/mol. The van der Waals surface area contributed by atoms with E-state index in [1.807, 2.05) is 13.8 Å². The van der Waals surface area contributed by atoms with Gasteiger partial charge in [-0.2, -0.15) is 0 Å². The second kappa shape index (κ2) is 13.3. The standard InChI is InChI=1S/C26H36FN3O6S/c1-7-22(26(32)28-15-18(2)3)29(16-19-8-10-20(27)11-9-19)25(31)17-30(37(6,33)34)23-13-12-21(35-4)14-24(23)36-5/h8-14,18,22H,7,15-17H2,1-6H3,(H,28,32)/t22-/m0/s1. The third kappa shape index (κ3) is 8.34. The molecule has 0 saturated heterocycles. The van der Waals surface area contributed by atoms with Crippen LogP contribution < -0.4 is 19.1 Å². The van der Waals surface area contributed by atoms with Crippen molar-refractivity contribution in [3.05, 3.63) is 53.8 Å². The van der Waals surface area contributed by atoms with Gasteiger partial charge in [0, 0.05) is 19.2 Å². The van der Waals surface area contributed by atoms with Gasteiger partial charge in [-0.3, -0.25) is 13.9 Å². The normalized spacial score (nSPS) is 12.1. The zero-order valence-corrected chi connectivity index (χ0v) is 23.0. The van der Waals surface area contributed by atoms with Gasteiger partial charge >= 0.3 is 0 Å². The molecule has 9 nitrogen and oxygen atoms in total. The Labute approximate surface area is 218 Å². The number of sulfonamides is 1. The van der Waals surface area contributed by atoms with Gasteiger partial charge in [0.05, 0.1) is 26.2 Å². The predicted molar refractivity (Wildman–Crippen MR) is 141 cm³/mol. The second-order valence-electron chi connectivity index (χ2n) is 9.02. The van der Waals surface area contributed by atoms with E-state index in [4.69, 9.17) is 9.47 Å². The third-order valence-electron chi connectivity index (χ3n) is 5.67. The minimum absolute atomic E-state index is 0.00985. The minimum atomic E-state index is -3.94. The topological polar surface area (TPSA) is 105 Å². The molecule has 0 heterocycles. The summed E-state index contributed by atoms with van der Waals surface area (Å²) in [7, 11) is -1.09. The number of nitrogens with one attached hydrogen (secondary N) is 1. The van der Waals surface area contributed by atoms with E-state index in [-0.39, 0.29) is 29.8 Å². The van der Waals surface area contributed by atoms with Gasteiger partial charge in [-0.05, 0) is 42.2 Å². The number of halogens is 1. The molecule has 2 amide bonds. The van der Waals surface area contributed by atoms with Crippen LogP contribution in [-0.4, -0.2) is 64.7 Å². The number of rotatable bonds is 13. The molecule has 0 aromatic heterocycles. The number of carbonyl (C=O) groups is 2. The largest absolute Gasteiger partial charge is 0.497 e. The van der Waals surface area contributed by atoms with E-state index in [1.54, 1.807) is 13.0 Å². The lowest BCUT2D eigenvalue weighted by molar-refractivity contribution is -0.140. The van der Waals surface area contributed by atoms with Crippen molar-refractivity contribution in [3.8, 4) is 11.5 Å². The number of anilines is 1. The molecule has 2 rings (SSSR count). The molecule has 0 aliphatic rings. The first-order valence-electron chi connectivity index (χ1n) is 11.9. The summed E-state index contributed by atoms with van der Waals surface area (Å²) in [6.45, 7) is 5.52. The van der Waals surface area contributed by atoms with Crippen LogP contribution in [0.1, 0.15) is 32.8 Å². The zero-order chi connectivity index (χ0) is 27.8. The molecule has 204 valence electrons. The second-order valence-corrected chi connectivity index (χ2v) is 10.9. The van der Waals surface area contributed by atoms with Crippen LogP contribution >= 0.6 is 0 Å². The molecule has 0 unspecified atom stereocenters. The summed E-state index contributed by atoms with van der Waals surface area (Å²) in [6, 6.07) is 9.28. The van der Waals surface area contributed by atoms with Crippen LogP contribution in [0.3, 0.4) is 0 Å². The predicted octanol–water partition coefficient (Wildman–Crippen LogP) is 3.19. The summed E-state index contributed by atoms with van der Waals surface area (Å²) < 4.78 is 50.6. The van der Waals surface area contributed by atoms with Gasteiger partial charge < -0.3 is 19.7 Å². The number of hydrogen-bond donors (Lipinski definition) is 1. The van der Waals surface area contributed by atoms with Gasteiger partial charge in [-0.1, -0.05) is 32.9 Å². The number of nitrogens with zero attached hydrogens (tertiary/aromatic N) is 2. The third-order valence-corrected chi connectivity index (χ3v) is 6.80. The summed E-state index contributed by atoms with van der Waals surface area (Å²) in [5.74, 6) is -0.529. The van der Waals surface area contributed by atoms with E-state index in [9.17, 15) is 22.4 Å². The van der Waals surface area contributed by atoms with Crippen LogP contribution in [0.2, 0.25) is 0 Å². The van der Waals surface area contributed by atoms with Gasteiger partial charge in [0.15, 0.2) is 0 Å². The summed E-state index contributed by atoms with van der Waals surface area (Å²) >= 11 is 0. The van der Waals surface area contributed by atoms with E-state index in [0.29, 0.717) is 24.3 Å². The maximum Gasteiger partial charge on any atom is 0.244 e. The van der Waals surface area contributed by atoms with Crippen LogP contribution in [0.15, 0.2) is 42.5 Å². The zero-order valence-electron chi connectivity index (χ0n) is 22.2. The average molecular weight is 538 g/mol. The molecule has 0 fully saturated rings. The molecule has 2 aromatic rings. The van der Waals surface area contributed by atoms with Crippen molar-refractivity contribution in [2.45, 2.75) is 39.8 Å². The van der Waals surface area contributed by atoms with E-state index >= 15 is 0 Å². The van der Waals surface area contributed by atoms with Crippen molar-refractivity contribution in [1.82, 2.24) is 10.2 Å². The van der Waals surface area contributed by atoms with Crippen LogP contribution in [0.5, 0.6) is 11.5 Å². The van der Waals surface area contributed by atoms with Gasteiger partial charge in [-0.25, -0.2) is 12.8 Å². The van der Waals surface area contributed by atoms with Crippen molar-refractivity contribution >= 4 is 27.5 Å². The summed E-state index contributed by atoms with van der Waals surface area (Å²) in [6.07, 6.45) is 1.28. The number of amides is 2. The highest BCUT2D eigenvalue weighted by molar-refractivity contribution is 7.92. The Morgan fingerprint density at radius 1 is 1.05 bits per heavy atom. The molecule has 0 spiro atoms. The molecule has 0 aliphatic carbocycles. The summed E-state index contributed by atoms with van der Waals surface area (Å²) in [5.41, 5.74) is 0.746. The highest BCUT2D eigenvalue weighted by Gasteiger charge is 2.32. The molecule has 1 N–H and O–H groups in total. The lowest BCUT2D eigenvalue weighted by Gasteiger charge is -2.33. The number of benzene rings is 2. The minimum Gasteiger partial charge on any atom is -0.497 e. The lowest BCUT2D eigenvalue weighted by atomic mass is 10.1. The Morgan fingerprint density at radius 3 is 2.22 bits per heavy atom.